The molecule has 1 aromatic heterocycles. The van der Waals surface area contributed by atoms with Crippen LogP contribution in [-0.2, 0) is 0 Å². The van der Waals surface area contributed by atoms with E-state index in [-0.39, 0.29) is 11.3 Å². The number of para-hydroxylation sites is 1. The molecule has 0 saturated heterocycles. The molecule has 2 heteroatoms. The van der Waals surface area contributed by atoms with Gasteiger partial charge in [-0.15, -0.1) is 0 Å². The average molecular weight is 858 g/mol. The van der Waals surface area contributed by atoms with Gasteiger partial charge >= 0.3 is 0 Å². The molecule has 0 radical (unpaired) electrons. The minimum atomic E-state index is -0.879. The first-order valence-electron chi connectivity index (χ1n) is 29.8. The number of hydrogen-bond donors (Lipinski definition) is 0. The van der Waals surface area contributed by atoms with Crippen molar-refractivity contribution in [2.24, 2.45) is 0 Å². The molecule has 0 aliphatic carbocycles. The minimum Gasteiger partial charge on any atom is -0.311 e. The van der Waals surface area contributed by atoms with Gasteiger partial charge in [-0.05, 0) is 122 Å². The van der Waals surface area contributed by atoms with Crippen molar-refractivity contribution in [3.8, 4) is 61.3 Å². The molecule has 0 spiro atoms. The van der Waals surface area contributed by atoms with Crippen molar-refractivity contribution in [2.45, 2.75) is 0 Å². The number of fused-ring (bicyclic) bond motifs is 4. The highest BCUT2D eigenvalue weighted by Crippen LogP contribution is 2.41. The second kappa shape index (κ2) is 16.8. The van der Waals surface area contributed by atoms with Crippen LogP contribution in [0.4, 0.5) is 17.1 Å². The quantitative estimate of drug-likeness (QED) is 0.140. The summed E-state index contributed by atoms with van der Waals surface area (Å²) >= 11 is 0. The Balaban J connectivity index is 1.06. The Morgan fingerprint density at radius 2 is 0.788 bits per heavy atom. The van der Waals surface area contributed by atoms with Gasteiger partial charge in [0.15, 0.2) is 0 Å². The van der Waals surface area contributed by atoms with Crippen molar-refractivity contribution < 1.29 is 23.3 Å². The second-order valence-corrected chi connectivity index (χ2v) is 15.6. The smallest absolute Gasteiger partial charge is 0.0645 e. The van der Waals surface area contributed by atoms with Crippen LogP contribution in [-0.4, -0.2) is 4.57 Å². The summed E-state index contributed by atoms with van der Waals surface area (Å²) in [6.07, 6.45) is 0. The highest BCUT2D eigenvalue weighted by molar-refractivity contribution is 6.11. The van der Waals surface area contributed by atoms with Gasteiger partial charge in [-0.3, -0.25) is 0 Å². The molecular weight excluding hydrogens is 797 g/mol. The lowest BCUT2D eigenvalue weighted by Gasteiger charge is -2.26. The predicted octanol–water partition coefficient (Wildman–Crippen LogP) is 17.7. The molecule has 0 aliphatic rings. The molecule has 0 amide bonds. The highest BCUT2D eigenvalue weighted by atomic mass is 15.1. The van der Waals surface area contributed by atoms with Crippen LogP contribution >= 0.6 is 0 Å². The van der Waals surface area contributed by atoms with E-state index in [1.54, 1.807) is 30.3 Å². The third kappa shape index (κ3) is 7.12. The molecule has 0 fully saturated rings. The number of anilines is 3. The fourth-order valence-corrected chi connectivity index (χ4v) is 8.60. The van der Waals surface area contributed by atoms with E-state index in [4.69, 9.17) is 12.3 Å². The lowest BCUT2D eigenvalue weighted by molar-refractivity contribution is 1.20. The normalized spacial score (nSPS) is 14.9. The molecule has 0 aliphatic heterocycles. The third-order valence-corrected chi connectivity index (χ3v) is 11.7. The number of benzene rings is 11. The van der Waals surface area contributed by atoms with Gasteiger partial charge < -0.3 is 9.47 Å². The van der Waals surface area contributed by atoms with E-state index in [0.29, 0.717) is 5.56 Å². The minimum absolute atomic E-state index is 0.0363. The summed E-state index contributed by atoms with van der Waals surface area (Å²) in [5.41, 5.74) is 3.06. The van der Waals surface area contributed by atoms with Crippen LogP contribution in [0, 0.1) is 0 Å². The molecule has 2 nitrogen and oxygen atoms in total. The number of hydrogen-bond acceptors (Lipinski definition) is 1. The fourth-order valence-electron chi connectivity index (χ4n) is 8.60. The van der Waals surface area contributed by atoms with Crippen LogP contribution in [0.3, 0.4) is 0 Å². The Bertz CT molecular complexity index is 4590. The third-order valence-electron chi connectivity index (χ3n) is 11.7. The van der Waals surface area contributed by atoms with E-state index in [1.165, 1.54) is 0 Å². The molecule has 11 aromatic carbocycles. The van der Waals surface area contributed by atoms with Crippen molar-refractivity contribution in [3.05, 3.63) is 267 Å². The molecule has 0 N–H and O–H groups in total. The Hall–Kier alpha value is -8.72. The van der Waals surface area contributed by atoms with Gasteiger partial charge in [-0.1, -0.05) is 206 Å². The molecule has 66 heavy (non-hydrogen) atoms. The number of nitrogens with zero attached hydrogens (tertiary/aromatic N) is 2. The molecule has 0 unspecified atom stereocenters. The predicted molar refractivity (Wildman–Crippen MR) is 280 cm³/mol. The zero-order valence-electron chi connectivity index (χ0n) is 52.0. The molecule has 12 aromatic rings. The Morgan fingerprint density at radius 1 is 0.303 bits per heavy atom. The van der Waals surface area contributed by atoms with Crippen molar-refractivity contribution in [1.82, 2.24) is 4.57 Å². The van der Waals surface area contributed by atoms with Gasteiger partial charge in [-0.2, -0.15) is 0 Å². The van der Waals surface area contributed by atoms with Crippen molar-refractivity contribution in [2.75, 3.05) is 4.90 Å². The Kier molecular flexibility index (Phi) is 6.34. The Morgan fingerprint density at radius 3 is 1.45 bits per heavy atom. The number of rotatable bonds is 9. The maximum atomic E-state index is 9.82. The standard InChI is InChI=1S/C64H44N2/c1-3-14-45(15-4-1)46-26-28-47(29-27-46)48-30-37-54(38-31-48)65(56-41-34-52(35-42-56)58-21-10-9-20-57(58)50-16-5-2-6-17-50)55-39-32-49(33-40-55)53-36-43-64-61(44-53)60-23-11-12-24-63(60)66(64)62-25-13-19-51-18-7-8-22-59(51)62/h1-44H/i1D,3D,4D,14D,15D,26D,27D,28D,29D,30D,31D,32D,33D,37D,38D,39D,40D. The van der Waals surface area contributed by atoms with Crippen LogP contribution < -0.4 is 4.90 Å². The number of aromatic nitrogens is 1. The molecule has 1 heterocycles. The van der Waals surface area contributed by atoms with Gasteiger partial charge in [0.2, 0.25) is 0 Å². The largest absolute Gasteiger partial charge is 0.311 e. The van der Waals surface area contributed by atoms with Crippen molar-refractivity contribution in [3.63, 3.8) is 0 Å². The van der Waals surface area contributed by atoms with E-state index in [9.17, 15) is 11.0 Å². The molecule has 0 atom stereocenters. The topological polar surface area (TPSA) is 8.17 Å². The van der Waals surface area contributed by atoms with E-state index in [2.05, 4.69) is 10.6 Å². The molecule has 310 valence electrons. The summed E-state index contributed by atoms with van der Waals surface area (Å²) in [4.78, 5) is 1.14. The lowest BCUT2D eigenvalue weighted by atomic mass is 9.94. The van der Waals surface area contributed by atoms with E-state index >= 15 is 0 Å². The monoisotopic (exact) mass is 857 g/mol. The van der Waals surface area contributed by atoms with Crippen molar-refractivity contribution in [1.29, 1.82) is 0 Å². The van der Waals surface area contributed by atoms with Gasteiger partial charge in [0, 0.05) is 33.2 Å². The first-order chi connectivity index (χ1) is 39.8. The van der Waals surface area contributed by atoms with Crippen LogP contribution in [0.2, 0.25) is 0 Å². The highest BCUT2D eigenvalue weighted by Gasteiger charge is 2.17. The molecular formula is C64H44N2. The molecule has 0 saturated carbocycles. The van der Waals surface area contributed by atoms with E-state index < -0.39 is 136 Å². The van der Waals surface area contributed by atoms with Gasteiger partial charge in [0.1, 0.15) is 0 Å². The molecule has 12 rings (SSSR count). The first-order valence-corrected chi connectivity index (χ1v) is 21.3. The Labute approximate surface area is 409 Å². The van der Waals surface area contributed by atoms with Crippen LogP contribution in [0.15, 0.2) is 267 Å². The molecule has 0 bridgehead atoms. The maximum Gasteiger partial charge on any atom is 0.0645 e. The second-order valence-electron chi connectivity index (χ2n) is 15.6. The first kappa shape index (κ1) is 24.9. The average Bonchev–Trinajstić information content (AvgIpc) is 2.53. The SMILES string of the molecule is [2H]c1c([2H])c([2H])c(-c2c([2H])c([2H])c(-c3c([2H])c([2H])c(N(c4ccc(-c5ccccc5-c5ccccc5)cc4)c4c([2H])c([2H])c(-c5ccc6c(c5)c5ccccc5n6-c5cccc6ccccc56)c([2H])c4[2H])c([2H])c3[2H])c([2H])c2[2H])c([2H])c1[2H]. The van der Waals surface area contributed by atoms with E-state index in [1.807, 2.05) is 127 Å². The summed E-state index contributed by atoms with van der Waals surface area (Å²) < 4.78 is 158. The van der Waals surface area contributed by atoms with E-state index in [0.717, 1.165) is 65.4 Å². The van der Waals surface area contributed by atoms with Crippen LogP contribution in [0.1, 0.15) is 23.3 Å². The van der Waals surface area contributed by atoms with Gasteiger partial charge in [-0.25, -0.2) is 0 Å². The summed E-state index contributed by atoms with van der Waals surface area (Å²) in [5, 5.41) is 3.75. The fraction of sp³-hybridized carbons (Fsp3) is 0. The lowest BCUT2D eigenvalue weighted by Crippen LogP contribution is -2.09. The van der Waals surface area contributed by atoms with Crippen LogP contribution in [0.5, 0.6) is 0 Å². The summed E-state index contributed by atoms with van der Waals surface area (Å²) in [5.74, 6) is 0. The summed E-state index contributed by atoms with van der Waals surface area (Å²) in [6.45, 7) is 0. The maximum absolute atomic E-state index is 9.82. The van der Waals surface area contributed by atoms with Crippen molar-refractivity contribution >= 4 is 49.6 Å². The zero-order chi connectivity index (χ0) is 58.6. The van der Waals surface area contributed by atoms with Gasteiger partial charge in [0.05, 0.1) is 40.0 Å². The summed E-state index contributed by atoms with van der Waals surface area (Å²) in [6, 6.07) is 39.0. The van der Waals surface area contributed by atoms with Crippen LogP contribution in [0.25, 0.3) is 93.9 Å². The summed E-state index contributed by atoms with van der Waals surface area (Å²) in [7, 11) is 0. The zero-order valence-corrected chi connectivity index (χ0v) is 35.0. The van der Waals surface area contributed by atoms with Gasteiger partial charge in [0.25, 0.3) is 0 Å².